The minimum atomic E-state index is -3.14. The number of fused-ring (bicyclic) bond motifs is 1. The van der Waals surface area contributed by atoms with E-state index in [1.807, 2.05) is 13.8 Å². The third-order valence-corrected chi connectivity index (χ3v) is 4.82. The van der Waals surface area contributed by atoms with E-state index in [1.54, 1.807) is 0 Å². The highest BCUT2D eigenvalue weighted by atomic mass is 19.3. The smallest absolute Gasteiger partial charge is 0.374 e. The zero-order valence-electron chi connectivity index (χ0n) is 10.1. The molecular weight excluding hydrogens is 246 g/mol. The van der Waals surface area contributed by atoms with Gasteiger partial charge in [-0.3, -0.25) is 4.79 Å². The topological polar surface area (TPSA) is 52.6 Å². The number of esters is 2. The first-order valence-corrected chi connectivity index (χ1v) is 6.03. The molecule has 3 rings (SSSR count). The molecule has 5 atom stereocenters. The summed E-state index contributed by atoms with van der Waals surface area (Å²) in [4.78, 5) is 22.7. The number of carbonyl (C=O) groups excluding carboxylic acids is 2. The van der Waals surface area contributed by atoms with E-state index in [0.717, 1.165) is 0 Å². The van der Waals surface area contributed by atoms with E-state index in [4.69, 9.17) is 9.47 Å². The SMILES string of the molecule is CC1(C)C2CC3C(=O)OC(C2OC(=O)C(F)F)C31. The van der Waals surface area contributed by atoms with E-state index in [9.17, 15) is 18.4 Å². The summed E-state index contributed by atoms with van der Waals surface area (Å²) in [7, 11) is 0. The Bertz CT molecular complexity index is 420. The molecule has 6 heteroatoms. The second-order valence-electron chi connectivity index (χ2n) is 5.90. The van der Waals surface area contributed by atoms with Gasteiger partial charge in [0.1, 0.15) is 12.2 Å². The van der Waals surface area contributed by atoms with Crippen LogP contribution in [0.4, 0.5) is 8.78 Å². The van der Waals surface area contributed by atoms with Gasteiger partial charge >= 0.3 is 18.4 Å². The monoisotopic (exact) mass is 260 g/mol. The van der Waals surface area contributed by atoms with Crippen LogP contribution in [0.25, 0.3) is 0 Å². The molecule has 2 aliphatic carbocycles. The van der Waals surface area contributed by atoms with Crippen molar-refractivity contribution in [3.05, 3.63) is 0 Å². The molecule has 1 saturated heterocycles. The summed E-state index contributed by atoms with van der Waals surface area (Å²) in [6.07, 6.45) is -3.83. The van der Waals surface area contributed by atoms with Crippen molar-refractivity contribution in [2.75, 3.05) is 0 Å². The van der Waals surface area contributed by atoms with Gasteiger partial charge in [-0.05, 0) is 11.8 Å². The highest BCUT2D eigenvalue weighted by Gasteiger charge is 2.71. The van der Waals surface area contributed by atoms with E-state index < -0.39 is 24.6 Å². The first kappa shape index (κ1) is 11.9. The lowest BCUT2D eigenvalue weighted by molar-refractivity contribution is -0.172. The van der Waals surface area contributed by atoms with Gasteiger partial charge in [0.05, 0.1) is 5.92 Å². The molecule has 4 nitrogen and oxygen atoms in total. The van der Waals surface area contributed by atoms with E-state index in [2.05, 4.69) is 0 Å². The molecule has 1 heterocycles. The fraction of sp³-hybridized carbons (Fsp3) is 0.833. The molecular formula is C12H14F2O4. The highest BCUT2D eigenvalue weighted by Crippen LogP contribution is 2.65. The zero-order valence-corrected chi connectivity index (χ0v) is 10.1. The number of hydrogen-bond acceptors (Lipinski definition) is 4. The third kappa shape index (κ3) is 1.29. The van der Waals surface area contributed by atoms with E-state index in [0.29, 0.717) is 6.42 Å². The Labute approximate surface area is 103 Å². The average molecular weight is 260 g/mol. The van der Waals surface area contributed by atoms with Crippen LogP contribution in [0.15, 0.2) is 0 Å². The molecule has 18 heavy (non-hydrogen) atoms. The Morgan fingerprint density at radius 1 is 1.50 bits per heavy atom. The Hall–Kier alpha value is -1.20. The minimum Gasteiger partial charge on any atom is -0.458 e. The van der Waals surface area contributed by atoms with Crippen LogP contribution in [-0.2, 0) is 19.1 Å². The van der Waals surface area contributed by atoms with Crippen LogP contribution in [0.3, 0.4) is 0 Å². The summed E-state index contributed by atoms with van der Waals surface area (Å²) < 4.78 is 34.6. The lowest BCUT2D eigenvalue weighted by atomic mass is 9.80. The maximum Gasteiger partial charge on any atom is 0.374 e. The normalized spacial score (nSPS) is 43.4. The average Bonchev–Trinajstić information content (AvgIpc) is 2.75. The molecule has 0 amide bonds. The van der Waals surface area contributed by atoms with Crippen molar-refractivity contribution >= 4 is 11.9 Å². The fourth-order valence-corrected chi connectivity index (χ4v) is 4.07. The first-order chi connectivity index (χ1) is 8.34. The van der Waals surface area contributed by atoms with E-state index in [1.165, 1.54) is 0 Å². The summed E-state index contributed by atoms with van der Waals surface area (Å²) >= 11 is 0. The molecule has 100 valence electrons. The summed E-state index contributed by atoms with van der Waals surface area (Å²) in [5.41, 5.74) is -0.214. The zero-order chi connectivity index (χ0) is 13.2. The lowest BCUT2D eigenvalue weighted by Crippen LogP contribution is -2.37. The number of alkyl halides is 2. The van der Waals surface area contributed by atoms with Crippen LogP contribution in [0.2, 0.25) is 0 Å². The van der Waals surface area contributed by atoms with Crippen LogP contribution in [0, 0.1) is 23.2 Å². The Balaban J connectivity index is 1.87. The van der Waals surface area contributed by atoms with Gasteiger partial charge in [-0.1, -0.05) is 13.8 Å². The quantitative estimate of drug-likeness (QED) is 0.704. The third-order valence-electron chi connectivity index (χ3n) is 4.82. The molecule has 0 aromatic heterocycles. The van der Waals surface area contributed by atoms with Gasteiger partial charge in [-0.15, -0.1) is 0 Å². The molecule has 0 N–H and O–H groups in total. The number of ether oxygens (including phenoxy) is 2. The molecule has 1 aliphatic heterocycles. The van der Waals surface area contributed by atoms with Crippen molar-refractivity contribution in [1.29, 1.82) is 0 Å². The standard InChI is InChI=1S/C12H14F2O4/c1-12(2)5-3-4-6(12)8(18-10(4)15)7(5)17-11(16)9(13)14/h4-9H,3H2,1-2H3. The van der Waals surface area contributed by atoms with Gasteiger partial charge in [0, 0.05) is 11.8 Å². The molecule has 3 aliphatic rings. The minimum absolute atomic E-state index is 0.0227. The van der Waals surface area contributed by atoms with Crippen molar-refractivity contribution in [2.24, 2.45) is 23.2 Å². The number of carbonyl (C=O) groups is 2. The van der Waals surface area contributed by atoms with Crippen molar-refractivity contribution in [1.82, 2.24) is 0 Å². The van der Waals surface area contributed by atoms with Crippen LogP contribution < -0.4 is 0 Å². The van der Waals surface area contributed by atoms with Gasteiger partial charge in [-0.2, -0.15) is 8.78 Å². The van der Waals surface area contributed by atoms with Crippen LogP contribution in [0.1, 0.15) is 20.3 Å². The van der Waals surface area contributed by atoms with Gasteiger partial charge in [0.2, 0.25) is 0 Å². The van der Waals surface area contributed by atoms with Crippen molar-refractivity contribution in [2.45, 2.75) is 38.9 Å². The summed E-state index contributed by atoms with van der Waals surface area (Å²) in [6, 6.07) is 0. The van der Waals surface area contributed by atoms with Gasteiger partial charge in [-0.25, -0.2) is 4.79 Å². The predicted molar refractivity (Wildman–Crippen MR) is 54.6 cm³/mol. The largest absolute Gasteiger partial charge is 0.458 e. The fourth-order valence-electron chi connectivity index (χ4n) is 4.07. The number of hydrogen-bond donors (Lipinski definition) is 0. The molecule has 2 bridgehead atoms. The van der Waals surface area contributed by atoms with Crippen molar-refractivity contribution in [3.63, 3.8) is 0 Å². The number of halogens is 2. The maximum atomic E-state index is 12.3. The maximum absolute atomic E-state index is 12.3. The summed E-state index contributed by atoms with van der Waals surface area (Å²) in [6.45, 7) is 3.96. The molecule has 5 unspecified atom stereocenters. The molecule has 0 aromatic rings. The van der Waals surface area contributed by atoms with Gasteiger partial charge < -0.3 is 9.47 Å². The van der Waals surface area contributed by atoms with Gasteiger partial charge in [0.25, 0.3) is 0 Å². The number of rotatable bonds is 2. The Morgan fingerprint density at radius 3 is 2.78 bits per heavy atom. The van der Waals surface area contributed by atoms with Crippen molar-refractivity contribution < 1.29 is 27.8 Å². The molecule has 0 radical (unpaired) electrons. The summed E-state index contributed by atoms with van der Waals surface area (Å²) in [5, 5.41) is 0. The van der Waals surface area contributed by atoms with Crippen LogP contribution in [-0.4, -0.2) is 30.6 Å². The van der Waals surface area contributed by atoms with Crippen LogP contribution in [0.5, 0.6) is 0 Å². The lowest BCUT2D eigenvalue weighted by Gasteiger charge is -2.26. The molecule has 0 aromatic carbocycles. The highest BCUT2D eigenvalue weighted by molar-refractivity contribution is 5.78. The Kier molecular flexibility index (Phi) is 2.26. The Morgan fingerprint density at radius 2 is 2.17 bits per heavy atom. The second kappa shape index (κ2) is 3.42. The molecule has 3 fully saturated rings. The second-order valence-corrected chi connectivity index (χ2v) is 5.90. The molecule has 0 spiro atoms. The predicted octanol–water partition coefficient (Wildman–Crippen LogP) is 1.38. The van der Waals surface area contributed by atoms with E-state index in [-0.39, 0.29) is 29.1 Å². The first-order valence-electron chi connectivity index (χ1n) is 6.03. The van der Waals surface area contributed by atoms with Gasteiger partial charge in [0.15, 0.2) is 0 Å². The van der Waals surface area contributed by atoms with E-state index >= 15 is 0 Å². The molecule has 2 saturated carbocycles. The van der Waals surface area contributed by atoms with Crippen molar-refractivity contribution in [3.8, 4) is 0 Å². The summed E-state index contributed by atoms with van der Waals surface area (Å²) in [5.74, 6) is -2.06. The van der Waals surface area contributed by atoms with Crippen LogP contribution >= 0.6 is 0 Å².